The molecule has 1 fully saturated rings. The van der Waals surface area contributed by atoms with E-state index < -0.39 is 5.79 Å². The molecule has 2 nitrogen and oxygen atoms in total. The van der Waals surface area contributed by atoms with E-state index in [1.54, 1.807) is 0 Å². The molecule has 0 aromatic heterocycles. The molecule has 0 N–H and O–H groups in total. The Morgan fingerprint density at radius 3 is 2.27 bits per heavy atom. The van der Waals surface area contributed by atoms with Crippen molar-refractivity contribution in [1.82, 2.24) is 0 Å². The van der Waals surface area contributed by atoms with E-state index in [1.807, 2.05) is 0 Å². The predicted molar refractivity (Wildman–Crippen MR) is 62.5 cm³/mol. The molecule has 0 aromatic carbocycles. The molecule has 0 radical (unpaired) electrons. The summed E-state index contributed by atoms with van der Waals surface area (Å²) in [7, 11) is 0. The van der Waals surface area contributed by atoms with Gasteiger partial charge >= 0.3 is 0 Å². The van der Waals surface area contributed by atoms with Crippen LogP contribution in [-0.2, 0) is 9.47 Å². The molecule has 0 amide bonds. The van der Waals surface area contributed by atoms with Crippen molar-refractivity contribution in [2.45, 2.75) is 66.3 Å². The van der Waals surface area contributed by atoms with Crippen molar-refractivity contribution in [2.24, 2.45) is 5.41 Å². The van der Waals surface area contributed by atoms with Gasteiger partial charge in [-0.1, -0.05) is 20.8 Å². The lowest BCUT2D eigenvalue weighted by atomic mass is 9.85. The zero-order valence-corrected chi connectivity index (χ0v) is 11.0. The van der Waals surface area contributed by atoms with Gasteiger partial charge in [-0.2, -0.15) is 13.8 Å². The molecular weight excluding hydrogens is 188 g/mol. The lowest BCUT2D eigenvalue weighted by molar-refractivity contribution is -0.160. The summed E-state index contributed by atoms with van der Waals surface area (Å²) in [5, 5.41) is 0. The van der Waals surface area contributed by atoms with Gasteiger partial charge in [-0.05, 0) is 25.2 Å². The summed E-state index contributed by atoms with van der Waals surface area (Å²) in [6, 6.07) is 0. The van der Waals surface area contributed by atoms with Crippen molar-refractivity contribution < 1.29 is 9.47 Å². The van der Waals surface area contributed by atoms with E-state index in [2.05, 4.69) is 41.5 Å². The van der Waals surface area contributed by atoms with E-state index in [9.17, 15) is 0 Å². The molecule has 2 atom stereocenters. The molecule has 0 aromatic rings. The van der Waals surface area contributed by atoms with Crippen LogP contribution in [0.3, 0.4) is 0 Å². The third kappa shape index (κ3) is 3.46. The Bertz CT molecular complexity index is 205. The molecule has 1 saturated heterocycles. The summed E-state index contributed by atoms with van der Waals surface area (Å²) in [5.41, 5.74) is 0.334. The van der Waals surface area contributed by atoms with Crippen molar-refractivity contribution >= 4 is 0 Å². The summed E-state index contributed by atoms with van der Waals surface area (Å²) >= 11 is 0. The fourth-order valence-electron chi connectivity index (χ4n) is 1.83. The first kappa shape index (κ1) is 13.0. The Kier molecular flexibility index (Phi) is 3.83. The molecule has 0 spiro atoms. The van der Waals surface area contributed by atoms with Crippen molar-refractivity contribution in [2.75, 3.05) is 6.61 Å². The second kappa shape index (κ2) is 4.42. The van der Waals surface area contributed by atoms with Gasteiger partial charge in [0.2, 0.25) is 0 Å². The first-order valence-electron chi connectivity index (χ1n) is 5.88. The predicted octanol–water partition coefficient (Wildman–Crippen LogP) is 3.56. The minimum absolute atomic E-state index is 0.222. The van der Waals surface area contributed by atoms with Crippen LogP contribution in [0.15, 0.2) is 0 Å². The molecule has 1 rings (SSSR count). The smallest absolute Gasteiger partial charge is 0.0782 e. The first-order valence-corrected chi connectivity index (χ1v) is 5.88. The maximum Gasteiger partial charge on any atom is 0.0782 e. The monoisotopic (exact) mass is 213 g/mol. The second-order valence-electron chi connectivity index (χ2n) is 6.05. The van der Waals surface area contributed by atoms with Crippen molar-refractivity contribution in [3.05, 3.63) is 5.92 Å². The van der Waals surface area contributed by atoms with Gasteiger partial charge in [0.05, 0.1) is 12.7 Å². The lowest BCUT2D eigenvalue weighted by Crippen LogP contribution is -2.36. The fourth-order valence-corrected chi connectivity index (χ4v) is 1.83. The van der Waals surface area contributed by atoms with E-state index >= 15 is 0 Å². The Morgan fingerprint density at radius 1 is 1.33 bits per heavy atom. The van der Waals surface area contributed by atoms with Crippen LogP contribution in [0, 0.1) is 11.3 Å². The molecule has 2 heteroatoms. The average Bonchev–Trinajstić information content (AvgIpc) is 2.44. The maximum absolute atomic E-state index is 5.95. The van der Waals surface area contributed by atoms with Gasteiger partial charge in [0, 0.05) is 5.79 Å². The van der Waals surface area contributed by atoms with Crippen LogP contribution in [-0.4, -0.2) is 18.5 Å². The van der Waals surface area contributed by atoms with E-state index in [4.69, 9.17) is 9.47 Å². The zero-order valence-electron chi connectivity index (χ0n) is 11.0. The highest BCUT2D eigenvalue weighted by atomic mass is 16.7. The van der Waals surface area contributed by atoms with Gasteiger partial charge in [0.1, 0.15) is 0 Å². The number of hydrogen-bond acceptors (Lipinski definition) is 2. The molecule has 90 valence electrons. The van der Waals surface area contributed by atoms with Gasteiger partial charge in [-0.15, -0.1) is 0 Å². The first-order chi connectivity index (χ1) is 6.75. The molecule has 1 heterocycles. The topological polar surface area (TPSA) is 18.5 Å². The molecule has 15 heavy (non-hydrogen) atoms. The lowest BCUT2D eigenvalue weighted by Gasteiger charge is -2.44. The minimum atomic E-state index is -0.410. The molecule has 1 aliphatic heterocycles. The van der Waals surface area contributed by atoms with Crippen LogP contribution in [0.1, 0.15) is 54.4 Å². The second-order valence-corrected chi connectivity index (χ2v) is 6.05. The quantitative estimate of drug-likeness (QED) is 0.667. The fraction of sp³-hybridized carbons (Fsp3) is 0.923. The van der Waals surface area contributed by atoms with Gasteiger partial charge in [0.25, 0.3) is 0 Å². The van der Waals surface area contributed by atoms with Crippen LogP contribution in [0.4, 0.5) is 0 Å². The third-order valence-electron chi connectivity index (χ3n) is 2.91. The normalized spacial score (nSPS) is 32.6. The summed E-state index contributed by atoms with van der Waals surface area (Å²) in [6.45, 7) is 13.7. The SMILES string of the molecule is C[C-](C)C1(CCC(C)(C)C)OCC(C)O1. The highest BCUT2D eigenvalue weighted by Gasteiger charge is 2.35. The van der Waals surface area contributed by atoms with E-state index in [1.165, 1.54) is 5.92 Å². The van der Waals surface area contributed by atoms with Crippen molar-refractivity contribution in [3.8, 4) is 0 Å². The zero-order chi connectivity index (χ0) is 11.7. The number of rotatable bonds is 3. The van der Waals surface area contributed by atoms with E-state index in [0.717, 1.165) is 19.4 Å². The molecule has 0 saturated carbocycles. The Hall–Kier alpha value is -0.0800. The van der Waals surface area contributed by atoms with E-state index in [0.29, 0.717) is 5.41 Å². The Balaban J connectivity index is 2.60. The van der Waals surface area contributed by atoms with Gasteiger partial charge < -0.3 is 9.47 Å². The largest absolute Gasteiger partial charge is 0.377 e. The van der Waals surface area contributed by atoms with Crippen LogP contribution >= 0.6 is 0 Å². The van der Waals surface area contributed by atoms with Crippen LogP contribution in [0.5, 0.6) is 0 Å². The highest BCUT2D eigenvalue weighted by Crippen LogP contribution is 2.39. The van der Waals surface area contributed by atoms with Crippen LogP contribution < -0.4 is 0 Å². The van der Waals surface area contributed by atoms with Crippen molar-refractivity contribution in [3.63, 3.8) is 0 Å². The Morgan fingerprint density at radius 2 is 1.93 bits per heavy atom. The standard InChI is InChI=1S/C13H25O2/c1-10(2)13(8-7-12(4,5)6)14-9-11(3)15-13/h11H,7-9H2,1-6H3/q-1. The summed E-state index contributed by atoms with van der Waals surface area (Å²) < 4.78 is 11.8. The molecule has 0 bridgehead atoms. The average molecular weight is 213 g/mol. The number of ether oxygens (including phenoxy) is 2. The van der Waals surface area contributed by atoms with Crippen LogP contribution in [0.2, 0.25) is 0 Å². The van der Waals surface area contributed by atoms with Crippen molar-refractivity contribution in [1.29, 1.82) is 0 Å². The van der Waals surface area contributed by atoms with Gasteiger partial charge in [-0.3, -0.25) is 5.92 Å². The van der Waals surface area contributed by atoms with Crippen LogP contribution in [0.25, 0.3) is 0 Å². The summed E-state index contributed by atoms with van der Waals surface area (Å²) in [4.78, 5) is 0. The van der Waals surface area contributed by atoms with E-state index in [-0.39, 0.29) is 6.10 Å². The summed E-state index contributed by atoms with van der Waals surface area (Å²) in [5.74, 6) is 0.822. The maximum atomic E-state index is 5.95. The molecular formula is C13H25O2-. The van der Waals surface area contributed by atoms with Gasteiger partial charge in [-0.25, -0.2) is 0 Å². The molecule has 1 aliphatic rings. The van der Waals surface area contributed by atoms with Gasteiger partial charge in [0.15, 0.2) is 0 Å². The Labute approximate surface area is 94.3 Å². The molecule has 0 aliphatic carbocycles. The minimum Gasteiger partial charge on any atom is -0.377 e. The summed E-state index contributed by atoms with van der Waals surface area (Å²) in [6.07, 6.45) is 2.30. The number of hydrogen-bond donors (Lipinski definition) is 0. The molecule has 2 unspecified atom stereocenters. The third-order valence-corrected chi connectivity index (χ3v) is 2.91. The highest BCUT2D eigenvalue weighted by molar-refractivity contribution is 5.00.